The van der Waals surface area contributed by atoms with Gasteiger partial charge in [-0.1, -0.05) is 13.8 Å². The lowest BCUT2D eigenvalue weighted by atomic mass is 9.91. The van der Waals surface area contributed by atoms with Gasteiger partial charge in [-0.25, -0.2) is 5.84 Å². The predicted molar refractivity (Wildman–Crippen MR) is 52.7 cm³/mol. The van der Waals surface area contributed by atoms with Gasteiger partial charge in [0.2, 0.25) is 5.91 Å². The highest BCUT2D eigenvalue weighted by Gasteiger charge is 2.17. The number of rotatable bonds is 6. The maximum atomic E-state index is 11.0. The first-order valence-corrected chi connectivity index (χ1v) is 4.81. The molecule has 0 aromatic carbocycles. The second-order valence-corrected chi connectivity index (χ2v) is 3.98. The van der Waals surface area contributed by atoms with Crippen molar-refractivity contribution >= 4 is 5.91 Å². The van der Waals surface area contributed by atoms with Crippen molar-refractivity contribution in [2.24, 2.45) is 17.7 Å². The molecule has 14 heavy (non-hydrogen) atoms. The van der Waals surface area contributed by atoms with Crippen LogP contribution in [0.25, 0.3) is 0 Å². The molecule has 0 rings (SSSR count). The Hall–Kier alpha value is -0.650. The summed E-state index contributed by atoms with van der Waals surface area (Å²) in [4.78, 5) is 11.0. The minimum Gasteiger partial charge on any atom is -0.368 e. The number of aliphatic hydroxyl groups is 2. The number of amides is 1. The zero-order chi connectivity index (χ0) is 11.1. The van der Waals surface area contributed by atoms with Gasteiger partial charge >= 0.3 is 0 Å². The highest BCUT2D eigenvalue weighted by molar-refractivity contribution is 5.75. The molecule has 0 radical (unpaired) electrons. The van der Waals surface area contributed by atoms with E-state index in [0.717, 1.165) is 6.42 Å². The Morgan fingerprint density at radius 1 is 1.36 bits per heavy atom. The van der Waals surface area contributed by atoms with E-state index in [1.807, 2.05) is 19.3 Å². The maximum absolute atomic E-state index is 11.0. The second kappa shape index (κ2) is 6.75. The third-order valence-corrected chi connectivity index (χ3v) is 1.98. The van der Waals surface area contributed by atoms with E-state index in [2.05, 4.69) is 0 Å². The molecule has 1 amide bonds. The summed E-state index contributed by atoms with van der Waals surface area (Å²) < 4.78 is 0. The van der Waals surface area contributed by atoms with Crippen LogP contribution in [0.5, 0.6) is 0 Å². The molecule has 0 saturated heterocycles. The average molecular weight is 204 g/mol. The Kier molecular flexibility index (Phi) is 6.44. The highest BCUT2D eigenvalue weighted by Crippen LogP contribution is 2.20. The van der Waals surface area contributed by atoms with E-state index >= 15 is 0 Å². The topological polar surface area (TPSA) is 95.6 Å². The molecule has 0 fully saturated rings. The minimum absolute atomic E-state index is 0.0291. The standard InChI is InChI=1S/C9H20N2O3/c1-6(2)3-7(5-9(13)14)4-8(12)11-10/h6-7,9,13-14H,3-5,10H2,1-2H3,(H,11,12). The number of nitrogens with two attached hydrogens (primary N) is 1. The Balaban J connectivity index is 4.03. The van der Waals surface area contributed by atoms with Gasteiger partial charge in [-0.15, -0.1) is 0 Å². The molecule has 0 saturated carbocycles. The number of nitrogens with one attached hydrogen (secondary N) is 1. The summed E-state index contributed by atoms with van der Waals surface area (Å²) in [5.74, 6) is 5.08. The molecule has 0 aliphatic heterocycles. The lowest BCUT2D eigenvalue weighted by Crippen LogP contribution is -2.32. The lowest BCUT2D eigenvalue weighted by molar-refractivity contribution is -0.123. The number of hydrazine groups is 1. The van der Waals surface area contributed by atoms with Crippen molar-refractivity contribution < 1.29 is 15.0 Å². The maximum Gasteiger partial charge on any atom is 0.234 e. The van der Waals surface area contributed by atoms with Crippen molar-refractivity contribution in [3.63, 3.8) is 0 Å². The lowest BCUT2D eigenvalue weighted by Gasteiger charge is -2.18. The van der Waals surface area contributed by atoms with Crippen molar-refractivity contribution in [3.8, 4) is 0 Å². The van der Waals surface area contributed by atoms with Gasteiger partial charge in [0.1, 0.15) is 0 Å². The first-order chi connectivity index (χ1) is 6.45. The molecule has 1 unspecified atom stereocenters. The molecule has 0 aromatic heterocycles. The quantitative estimate of drug-likeness (QED) is 0.207. The zero-order valence-corrected chi connectivity index (χ0v) is 8.73. The predicted octanol–water partition coefficient (Wildman–Crippen LogP) is -0.271. The van der Waals surface area contributed by atoms with Gasteiger partial charge in [-0.05, 0) is 18.3 Å². The van der Waals surface area contributed by atoms with Crippen molar-refractivity contribution in [3.05, 3.63) is 0 Å². The Morgan fingerprint density at radius 2 is 1.93 bits per heavy atom. The Labute approximate surface area is 84.3 Å². The third kappa shape index (κ3) is 6.82. The van der Waals surface area contributed by atoms with Crippen LogP contribution in [0.2, 0.25) is 0 Å². The molecule has 84 valence electrons. The van der Waals surface area contributed by atoms with E-state index in [1.54, 1.807) is 0 Å². The number of carbonyl (C=O) groups excluding carboxylic acids is 1. The normalized spacial score (nSPS) is 13.4. The van der Waals surface area contributed by atoms with Crippen LogP contribution in [0.15, 0.2) is 0 Å². The molecule has 5 nitrogen and oxygen atoms in total. The van der Waals surface area contributed by atoms with E-state index in [1.165, 1.54) is 0 Å². The molecule has 0 aromatic rings. The monoisotopic (exact) mass is 204 g/mol. The summed E-state index contributed by atoms with van der Waals surface area (Å²) in [5, 5.41) is 17.6. The smallest absolute Gasteiger partial charge is 0.234 e. The number of aliphatic hydroxyl groups excluding tert-OH is 1. The fourth-order valence-electron chi connectivity index (χ4n) is 1.55. The first kappa shape index (κ1) is 13.4. The van der Waals surface area contributed by atoms with Crippen LogP contribution in [0.4, 0.5) is 0 Å². The van der Waals surface area contributed by atoms with Gasteiger partial charge in [0.25, 0.3) is 0 Å². The van der Waals surface area contributed by atoms with Crippen LogP contribution in [-0.2, 0) is 4.79 Å². The van der Waals surface area contributed by atoms with Gasteiger partial charge in [0.05, 0.1) is 0 Å². The largest absolute Gasteiger partial charge is 0.368 e. The molecule has 1 atom stereocenters. The van der Waals surface area contributed by atoms with Crippen LogP contribution >= 0.6 is 0 Å². The summed E-state index contributed by atoms with van der Waals surface area (Å²) in [6, 6.07) is 0. The Morgan fingerprint density at radius 3 is 2.29 bits per heavy atom. The van der Waals surface area contributed by atoms with Crippen molar-refractivity contribution in [2.75, 3.05) is 0 Å². The van der Waals surface area contributed by atoms with Gasteiger partial charge in [-0.3, -0.25) is 10.2 Å². The molecule has 0 heterocycles. The SMILES string of the molecule is CC(C)CC(CC(=O)NN)CC(O)O. The highest BCUT2D eigenvalue weighted by atomic mass is 16.5. The molecule has 0 bridgehead atoms. The molecular formula is C9H20N2O3. The van der Waals surface area contributed by atoms with Gasteiger partial charge < -0.3 is 10.2 Å². The summed E-state index contributed by atoms with van der Waals surface area (Å²) in [7, 11) is 0. The van der Waals surface area contributed by atoms with Crippen LogP contribution < -0.4 is 11.3 Å². The third-order valence-electron chi connectivity index (χ3n) is 1.98. The zero-order valence-electron chi connectivity index (χ0n) is 8.73. The molecule has 5 heteroatoms. The van der Waals surface area contributed by atoms with E-state index in [0.29, 0.717) is 5.92 Å². The molecule has 0 aliphatic carbocycles. The van der Waals surface area contributed by atoms with Crippen molar-refractivity contribution in [1.82, 2.24) is 5.43 Å². The fraction of sp³-hybridized carbons (Fsp3) is 0.889. The molecular weight excluding hydrogens is 184 g/mol. The van der Waals surface area contributed by atoms with Crippen molar-refractivity contribution in [2.45, 2.75) is 39.4 Å². The Bertz CT molecular complexity index is 161. The number of hydrogen-bond acceptors (Lipinski definition) is 4. The van der Waals surface area contributed by atoms with Crippen LogP contribution in [0.3, 0.4) is 0 Å². The molecule has 5 N–H and O–H groups in total. The van der Waals surface area contributed by atoms with E-state index in [4.69, 9.17) is 16.1 Å². The summed E-state index contributed by atoms with van der Waals surface area (Å²) in [6.07, 6.45) is -0.118. The van der Waals surface area contributed by atoms with Gasteiger partial charge in [0.15, 0.2) is 6.29 Å². The summed E-state index contributed by atoms with van der Waals surface area (Å²) in [6.45, 7) is 4.05. The minimum atomic E-state index is -1.36. The first-order valence-electron chi connectivity index (χ1n) is 4.81. The van der Waals surface area contributed by atoms with E-state index in [-0.39, 0.29) is 24.7 Å². The second-order valence-electron chi connectivity index (χ2n) is 3.98. The van der Waals surface area contributed by atoms with E-state index < -0.39 is 6.29 Å². The average Bonchev–Trinajstić information content (AvgIpc) is 2.01. The fourth-order valence-corrected chi connectivity index (χ4v) is 1.55. The van der Waals surface area contributed by atoms with Crippen LogP contribution in [0.1, 0.15) is 33.1 Å². The summed E-state index contributed by atoms with van der Waals surface area (Å²) >= 11 is 0. The number of carbonyl (C=O) groups is 1. The summed E-state index contributed by atoms with van der Waals surface area (Å²) in [5.41, 5.74) is 2.04. The van der Waals surface area contributed by atoms with Crippen LogP contribution in [-0.4, -0.2) is 22.4 Å². The number of hydrogen-bond donors (Lipinski definition) is 4. The van der Waals surface area contributed by atoms with Crippen LogP contribution in [0, 0.1) is 11.8 Å². The van der Waals surface area contributed by atoms with E-state index in [9.17, 15) is 4.79 Å². The molecule has 0 spiro atoms. The van der Waals surface area contributed by atoms with Gasteiger partial charge in [-0.2, -0.15) is 0 Å². The van der Waals surface area contributed by atoms with Gasteiger partial charge in [0, 0.05) is 12.8 Å². The molecule has 0 aliphatic rings. The van der Waals surface area contributed by atoms with Crippen molar-refractivity contribution in [1.29, 1.82) is 0 Å².